The second kappa shape index (κ2) is 8.26. The van der Waals surface area contributed by atoms with Crippen molar-refractivity contribution in [3.63, 3.8) is 0 Å². The van der Waals surface area contributed by atoms with Crippen LogP contribution in [0.4, 0.5) is 13.2 Å². The molecule has 0 aliphatic heterocycles. The molecule has 0 aromatic carbocycles. The van der Waals surface area contributed by atoms with Gasteiger partial charge >= 0.3 is 6.18 Å². The van der Waals surface area contributed by atoms with Crippen molar-refractivity contribution in [3.8, 4) is 11.4 Å². The molecule has 0 radical (unpaired) electrons. The predicted octanol–water partition coefficient (Wildman–Crippen LogP) is 3.53. The Balaban J connectivity index is 1.64. The van der Waals surface area contributed by atoms with Crippen LogP contribution in [0.3, 0.4) is 0 Å². The minimum Gasteiger partial charge on any atom is -0.381 e. The first-order valence-electron chi connectivity index (χ1n) is 8.98. The lowest BCUT2D eigenvalue weighted by atomic mass is 9.86. The largest absolute Gasteiger partial charge is 0.433 e. The minimum absolute atomic E-state index is 0.00426. The standard InChI is InChI=1S/C18H21F3N4O3/c1-10(23-16(26)11-3-5-13(27-2)6-4-11)17-24-15(25-28-17)12-7-8-22-14(9-12)18(19,20)21/h7-11,13H,3-6H2,1-2H3,(H,23,26). The number of alkyl halides is 3. The van der Waals surface area contributed by atoms with Crippen LogP contribution in [0.5, 0.6) is 0 Å². The van der Waals surface area contributed by atoms with E-state index in [0.717, 1.165) is 37.9 Å². The Kier molecular flexibility index (Phi) is 5.97. The van der Waals surface area contributed by atoms with E-state index in [4.69, 9.17) is 9.26 Å². The molecule has 28 heavy (non-hydrogen) atoms. The molecule has 1 unspecified atom stereocenters. The Morgan fingerprint density at radius 2 is 2.04 bits per heavy atom. The summed E-state index contributed by atoms with van der Waals surface area (Å²) in [7, 11) is 1.67. The van der Waals surface area contributed by atoms with Crippen molar-refractivity contribution in [2.24, 2.45) is 5.92 Å². The van der Waals surface area contributed by atoms with Crippen LogP contribution < -0.4 is 5.32 Å². The summed E-state index contributed by atoms with van der Waals surface area (Å²) >= 11 is 0. The highest BCUT2D eigenvalue weighted by Gasteiger charge is 2.33. The molecule has 2 aromatic rings. The molecule has 1 fully saturated rings. The Hall–Kier alpha value is -2.49. The van der Waals surface area contributed by atoms with Gasteiger partial charge in [-0.25, -0.2) is 0 Å². The predicted molar refractivity (Wildman–Crippen MR) is 91.8 cm³/mol. The summed E-state index contributed by atoms with van der Waals surface area (Å²) in [5.74, 6) is -0.0836. The molecule has 1 aliphatic rings. The molecule has 2 heterocycles. The molecular weight excluding hydrogens is 377 g/mol. The third-order valence-corrected chi connectivity index (χ3v) is 4.86. The zero-order valence-corrected chi connectivity index (χ0v) is 15.5. The molecule has 0 saturated heterocycles. The monoisotopic (exact) mass is 398 g/mol. The van der Waals surface area contributed by atoms with E-state index >= 15 is 0 Å². The number of nitrogens with zero attached hydrogens (tertiary/aromatic N) is 3. The number of nitrogens with one attached hydrogen (secondary N) is 1. The lowest BCUT2D eigenvalue weighted by Gasteiger charge is -2.27. The lowest BCUT2D eigenvalue weighted by Crippen LogP contribution is -2.36. The van der Waals surface area contributed by atoms with Crippen molar-refractivity contribution in [1.82, 2.24) is 20.4 Å². The summed E-state index contributed by atoms with van der Waals surface area (Å²) in [4.78, 5) is 19.9. The fourth-order valence-electron chi connectivity index (χ4n) is 3.21. The molecule has 7 nitrogen and oxygen atoms in total. The molecule has 1 amide bonds. The Labute approximate surface area is 159 Å². The van der Waals surface area contributed by atoms with E-state index in [9.17, 15) is 18.0 Å². The summed E-state index contributed by atoms with van der Waals surface area (Å²) in [6, 6.07) is 1.66. The number of methoxy groups -OCH3 is 1. The van der Waals surface area contributed by atoms with Crippen LogP contribution in [-0.4, -0.2) is 34.2 Å². The van der Waals surface area contributed by atoms with Crippen molar-refractivity contribution >= 4 is 5.91 Å². The van der Waals surface area contributed by atoms with Crippen molar-refractivity contribution in [3.05, 3.63) is 29.9 Å². The van der Waals surface area contributed by atoms with Gasteiger partial charge < -0.3 is 14.6 Å². The van der Waals surface area contributed by atoms with Crippen LogP contribution in [0.2, 0.25) is 0 Å². The Morgan fingerprint density at radius 3 is 2.68 bits per heavy atom. The van der Waals surface area contributed by atoms with E-state index < -0.39 is 17.9 Å². The smallest absolute Gasteiger partial charge is 0.381 e. The molecule has 1 saturated carbocycles. The SMILES string of the molecule is COC1CCC(C(=O)NC(C)c2nc(-c3ccnc(C(F)(F)F)c3)no2)CC1. The maximum absolute atomic E-state index is 12.8. The van der Waals surface area contributed by atoms with Crippen LogP contribution in [-0.2, 0) is 15.7 Å². The van der Waals surface area contributed by atoms with Crippen LogP contribution in [0, 0.1) is 5.92 Å². The van der Waals surface area contributed by atoms with Crippen LogP contribution in [0.25, 0.3) is 11.4 Å². The maximum atomic E-state index is 12.8. The zero-order valence-electron chi connectivity index (χ0n) is 15.5. The topological polar surface area (TPSA) is 90.1 Å². The highest BCUT2D eigenvalue weighted by molar-refractivity contribution is 5.79. The van der Waals surface area contributed by atoms with Crippen molar-refractivity contribution in [2.45, 2.75) is 50.9 Å². The average molecular weight is 398 g/mol. The first kappa shape index (κ1) is 20.2. The fraction of sp³-hybridized carbons (Fsp3) is 0.556. The third-order valence-electron chi connectivity index (χ3n) is 4.86. The number of rotatable bonds is 5. The van der Waals surface area contributed by atoms with Gasteiger partial charge in [0, 0.05) is 24.8 Å². The number of halogens is 3. The van der Waals surface area contributed by atoms with Crippen LogP contribution in [0.1, 0.15) is 50.2 Å². The summed E-state index contributed by atoms with van der Waals surface area (Å²) < 4.78 is 48.8. The zero-order chi connectivity index (χ0) is 20.3. The Morgan fingerprint density at radius 1 is 1.32 bits per heavy atom. The quantitative estimate of drug-likeness (QED) is 0.829. The summed E-state index contributed by atoms with van der Waals surface area (Å²) in [5, 5.41) is 6.55. The number of carbonyl (C=O) groups is 1. The van der Waals surface area contributed by atoms with Crippen molar-refractivity contribution in [1.29, 1.82) is 0 Å². The molecule has 10 heteroatoms. The highest BCUT2D eigenvalue weighted by Crippen LogP contribution is 2.30. The summed E-state index contributed by atoms with van der Waals surface area (Å²) in [6.07, 6.45) is -0.190. The number of pyridine rings is 1. The van der Waals surface area contributed by atoms with E-state index in [1.807, 2.05) is 0 Å². The van der Waals surface area contributed by atoms with Gasteiger partial charge in [-0.2, -0.15) is 18.2 Å². The van der Waals surface area contributed by atoms with Gasteiger partial charge in [-0.1, -0.05) is 5.16 Å². The van der Waals surface area contributed by atoms with E-state index in [0.29, 0.717) is 0 Å². The van der Waals surface area contributed by atoms with Gasteiger partial charge in [0.2, 0.25) is 17.6 Å². The van der Waals surface area contributed by atoms with Crippen LogP contribution >= 0.6 is 0 Å². The molecule has 152 valence electrons. The second-order valence-corrected chi connectivity index (χ2v) is 6.82. The number of aromatic nitrogens is 3. The molecule has 1 aliphatic carbocycles. The number of carbonyl (C=O) groups excluding carboxylic acids is 1. The number of hydrogen-bond donors (Lipinski definition) is 1. The van der Waals surface area contributed by atoms with Crippen LogP contribution in [0.15, 0.2) is 22.9 Å². The van der Waals surface area contributed by atoms with Gasteiger partial charge in [0.05, 0.1) is 6.10 Å². The molecule has 0 spiro atoms. The van der Waals surface area contributed by atoms with E-state index in [2.05, 4.69) is 20.4 Å². The molecule has 1 N–H and O–H groups in total. The Bertz CT molecular complexity index is 816. The lowest BCUT2D eigenvalue weighted by molar-refractivity contribution is -0.141. The number of amides is 1. The number of hydrogen-bond acceptors (Lipinski definition) is 6. The molecule has 1 atom stereocenters. The first-order chi connectivity index (χ1) is 13.3. The van der Waals surface area contributed by atoms with E-state index in [1.54, 1.807) is 14.0 Å². The van der Waals surface area contributed by atoms with E-state index in [-0.39, 0.29) is 35.2 Å². The van der Waals surface area contributed by atoms with Crippen molar-refractivity contribution in [2.75, 3.05) is 7.11 Å². The second-order valence-electron chi connectivity index (χ2n) is 6.82. The molecular formula is C18H21F3N4O3. The average Bonchev–Trinajstić information content (AvgIpc) is 3.18. The van der Waals surface area contributed by atoms with E-state index in [1.165, 1.54) is 6.07 Å². The van der Waals surface area contributed by atoms with Gasteiger partial charge in [0.15, 0.2) is 0 Å². The highest BCUT2D eigenvalue weighted by atomic mass is 19.4. The molecule has 0 bridgehead atoms. The summed E-state index contributed by atoms with van der Waals surface area (Å²) in [6.45, 7) is 1.68. The van der Waals surface area contributed by atoms with Gasteiger partial charge in [-0.15, -0.1) is 0 Å². The molecule has 3 rings (SSSR count). The normalized spacial score (nSPS) is 21.3. The van der Waals surface area contributed by atoms with Gasteiger partial charge in [-0.3, -0.25) is 9.78 Å². The van der Waals surface area contributed by atoms with Crippen molar-refractivity contribution < 1.29 is 27.2 Å². The maximum Gasteiger partial charge on any atom is 0.433 e. The molecule has 2 aromatic heterocycles. The minimum atomic E-state index is -4.56. The third kappa shape index (κ3) is 4.67. The van der Waals surface area contributed by atoms with Gasteiger partial charge in [0.25, 0.3) is 0 Å². The number of ether oxygens (including phenoxy) is 1. The van der Waals surface area contributed by atoms with Gasteiger partial charge in [0.1, 0.15) is 11.7 Å². The first-order valence-corrected chi connectivity index (χ1v) is 8.98. The summed E-state index contributed by atoms with van der Waals surface area (Å²) in [5.41, 5.74) is -0.905. The van der Waals surface area contributed by atoms with Gasteiger partial charge in [-0.05, 0) is 44.7 Å². The fourth-order valence-corrected chi connectivity index (χ4v) is 3.21.